The quantitative estimate of drug-likeness (QED) is 0.801. The molecule has 0 bridgehead atoms. The van der Waals surface area contributed by atoms with E-state index in [-0.39, 0.29) is 0 Å². The summed E-state index contributed by atoms with van der Waals surface area (Å²) in [6.07, 6.45) is 3.70. The first-order valence-corrected chi connectivity index (χ1v) is 7.36. The first kappa shape index (κ1) is 14.3. The Bertz CT molecular complexity index is 243. The summed E-state index contributed by atoms with van der Waals surface area (Å²) in [6, 6.07) is 1.23. The molecule has 0 aromatic heterocycles. The Kier molecular flexibility index (Phi) is 5.42. The maximum Gasteiger partial charge on any atom is 0.0469 e. The molecule has 2 atom stereocenters. The second-order valence-electron chi connectivity index (χ2n) is 5.93. The number of hydrogen-bond acceptors (Lipinski definition) is 4. The minimum absolute atomic E-state index is 0.597. The molecule has 1 N–H and O–H groups in total. The molecule has 0 saturated carbocycles. The van der Waals surface area contributed by atoms with Crippen molar-refractivity contribution in [3.8, 4) is 0 Å². The van der Waals surface area contributed by atoms with Crippen LogP contribution in [0.3, 0.4) is 0 Å². The van der Waals surface area contributed by atoms with Gasteiger partial charge in [-0.3, -0.25) is 0 Å². The highest BCUT2D eigenvalue weighted by Gasteiger charge is 2.33. The number of ether oxygens (including phenoxy) is 1. The molecule has 4 heteroatoms. The fourth-order valence-electron chi connectivity index (χ4n) is 3.51. The van der Waals surface area contributed by atoms with Gasteiger partial charge in [0.15, 0.2) is 0 Å². The molecule has 2 unspecified atom stereocenters. The van der Waals surface area contributed by atoms with Crippen molar-refractivity contribution in [1.29, 1.82) is 0 Å². The Balaban J connectivity index is 2.03. The lowest BCUT2D eigenvalue weighted by Crippen LogP contribution is -2.55. The van der Waals surface area contributed by atoms with Crippen LogP contribution >= 0.6 is 0 Å². The topological polar surface area (TPSA) is 27.7 Å². The number of nitrogens with one attached hydrogen (secondary N) is 1. The van der Waals surface area contributed by atoms with Crippen LogP contribution in [0.25, 0.3) is 0 Å². The van der Waals surface area contributed by atoms with E-state index in [0.717, 1.165) is 19.1 Å². The highest BCUT2D eigenvalue weighted by Crippen LogP contribution is 2.24. The van der Waals surface area contributed by atoms with Gasteiger partial charge in [-0.1, -0.05) is 0 Å². The summed E-state index contributed by atoms with van der Waals surface area (Å²) in [6.45, 7) is 5.51. The van der Waals surface area contributed by atoms with Gasteiger partial charge < -0.3 is 19.9 Å². The van der Waals surface area contributed by atoms with Crippen molar-refractivity contribution in [3.05, 3.63) is 0 Å². The Morgan fingerprint density at radius 1 is 1.17 bits per heavy atom. The van der Waals surface area contributed by atoms with E-state index >= 15 is 0 Å². The predicted octanol–water partition coefficient (Wildman–Crippen LogP) is 0.637. The van der Waals surface area contributed by atoms with Crippen LogP contribution in [0.1, 0.15) is 19.3 Å². The molecule has 2 aliphatic rings. The number of nitrogens with zero attached hydrogens (tertiary/aromatic N) is 2. The Morgan fingerprint density at radius 3 is 2.56 bits per heavy atom. The summed E-state index contributed by atoms with van der Waals surface area (Å²) in [5, 5.41) is 3.60. The average molecular weight is 255 g/mol. The van der Waals surface area contributed by atoms with Crippen LogP contribution in [0.4, 0.5) is 0 Å². The van der Waals surface area contributed by atoms with Crippen molar-refractivity contribution in [2.45, 2.75) is 31.3 Å². The molecule has 106 valence electrons. The van der Waals surface area contributed by atoms with Crippen molar-refractivity contribution in [1.82, 2.24) is 15.1 Å². The highest BCUT2D eigenvalue weighted by molar-refractivity contribution is 4.91. The van der Waals surface area contributed by atoms with Crippen molar-refractivity contribution < 1.29 is 4.74 Å². The molecular weight excluding hydrogens is 226 g/mol. The summed E-state index contributed by atoms with van der Waals surface area (Å²) in [5.74, 6) is 0.766. The van der Waals surface area contributed by atoms with E-state index in [1.807, 2.05) is 0 Å². The third-order valence-corrected chi connectivity index (χ3v) is 4.64. The molecule has 2 heterocycles. The molecule has 2 saturated heterocycles. The average Bonchev–Trinajstić information content (AvgIpc) is 2.54. The van der Waals surface area contributed by atoms with E-state index in [9.17, 15) is 0 Å². The second-order valence-corrected chi connectivity index (χ2v) is 5.93. The number of rotatable bonds is 3. The Morgan fingerprint density at radius 2 is 1.89 bits per heavy atom. The van der Waals surface area contributed by atoms with E-state index in [1.165, 1.54) is 38.9 Å². The zero-order chi connectivity index (χ0) is 13.0. The summed E-state index contributed by atoms with van der Waals surface area (Å²) >= 11 is 0. The minimum Gasteiger partial charge on any atom is -0.381 e. The lowest BCUT2D eigenvalue weighted by atomic mass is 9.86. The molecule has 2 aliphatic heterocycles. The van der Waals surface area contributed by atoms with Gasteiger partial charge in [-0.15, -0.1) is 0 Å². The summed E-state index contributed by atoms with van der Waals surface area (Å²) in [5.41, 5.74) is 0. The summed E-state index contributed by atoms with van der Waals surface area (Å²) in [4.78, 5) is 5.04. The fraction of sp³-hybridized carbons (Fsp3) is 1.00. The fourth-order valence-corrected chi connectivity index (χ4v) is 3.51. The van der Waals surface area contributed by atoms with Gasteiger partial charge in [0.05, 0.1) is 0 Å². The molecule has 0 aromatic rings. The monoisotopic (exact) mass is 255 g/mol. The second kappa shape index (κ2) is 6.85. The lowest BCUT2D eigenvalue weighted by Gasteiger charge is -2.40. The van der Waals surface area contributed by atoms with E-state index in [0.29, 0.717) is 12.1 Å². The van der Waals surface area contributed by atoms with Crippen LogP contribution in [0.15, 0.2) is 0 Å². The van der Waals surface area contributed by atoms with E-state index in [4.69, 9.17) is 4.74 Å². The van der Waals surface area contributed by atoms with Gasteiger partial charge in [-0.2, -0.15) is 0 Å². The van der Waals surface area contributed by atoms with Crippen molar-refractivity contribution in [2.24, 2.45) is 5.92 Å². The van der Waals surface area contributed by atoms with Crippen LogP contribution in [0.5, 0.6) is 0 Å². The molecule has 2 fully saturated rings. The third-order valence-electron chi connectivity index (χ3n) is 4.64. The molecular formula is C14H29N3O. The van der Waals surface area contributed by atoms with Gasteiger partial charge in [0.25, 0.3) is 0 Å². The predicted molar refractivity (Wildman–Crippen MR) is 74.9 cm³/mol. The van der Waals surface area contributed by atoms with Gasteiger partial charge in [0.2, 0.25) is 0 Å². The van der Waals surface area contributed by atoms with E-state index in [1.54, 1.807) is 0 Å². The molecule has 2 rings (SSSR count). The van der Waals surface area contributed by atoms with Crippen molar-refractivity contribution in [2.75, 3.05) is 54.0 Å². The maximum absolute atomic E-state index is 5.50. The molecule has 18 heavy (non-hydrogen) atoms. The SMILES string of the molecule is CNC(C1CCOCC1)C1CN(C)CCCN1C. The first-order chi connectivity index (χ1) is 8.72. The van der Waals surface area contributed by atoms with Gasteiger partial charge in [-0.05, 0) is 59.4 Å². The van der Waals surface area contributed by atoms with Crippen LogP contribution in [0, 0.1) is 5.92 Å². The van der Waals surface area contributed by atoms with Crippen molar-refractivity contribution in [3.63, 3.8) is 0 Å². The third kappa shape index (κ3) is 3.44. The zero-order valence-corrected chi connectivity index (χ0v) is 12.2. The summed E-state index contributed by atoms with van der Waals surface area (Å²) in [7, 11) is 6.66. The normalized spacial score (nSPS) is 31.2. The molecule has 0 aliphatic carbocycles. The van der Waals surface area contributed by atoms with Gasteiger partial charge in [0, 0.05) is 31.8 Å². The Hall–Kier alpha value is -0.160. The standard InChI is InChI=1S/C14H29N3O/c1-15-14(12-5-9-18-10-6-12)13-11-16(2)7-4-8-17(13)3/h12-15H,4-11H2,1-3H3. The molecule has 0 spiro atoms. The molecule has 4 nitrogen and oxygen atoms in total. The van der Waals surface area contributed by atoms with E-state index in [2.05, 4.69) is 36.3 Å². The molecule has 0 amide bonds. The molecule has 0 aromatic carbocycles. The summed E-state index contributed by atoms with van der Waals surface area (Å²) < 4.78 is 5.50. The van der Waals surface area contributed by atoms with Crippen LogP contribution in [-0.4, -0.2) is 75.9 Å². The highest BCUT2D eigenvalue weighted by atomic mass is 16.5. The van der Waals surface area contributed by atoms with Crippen LogP contribution in [0.2, 0.25) is 0 Å². The Labute approximate surface area is 112 Å². The number of likely N-dealkylation sites (N-methyl/N-ethyl adjacent to an activating group) is 3. The number of hydrogen-bond donors (Lipinski definition) is 1. The lowest BCUT2D eigenvalue weighted by molar-refractivity contribution is 0.0366. The first-order valence-electron chi connectivity index (χ1n) is 7.36. The van der Waals surface area contributed by atoms with Crippen LogP contribution in [-0.2, 0) is 4.74 Å². The van der Waals surface area contributed by atoms with E-state index < -0.39 is 0 Å². The van der Waals surface area contributed by atoms with Gasteiger partial charge >= 0.3 is 0 Å². The van der Waals surface area contributed by atoms with Crippen LogP contribution < -0.4 is 5.32 Å². The minimum atomic E-state index is 0.597. The van der Waals surface area contributed by atoms with Crippen molar-refractivity contribution >= 4 is 0 Å². The van der Waals surface area contributed by atoms with Gasteiger partial charge in [-0.25, -0.2) is 0 Å². The zero-order valence-electron chi connectivity index (χ0n) is 12.2. The largest absolute Gasteiger partial charge is 0.381 e. The smallest absolute Gasteiger partial charge is 0.0469 e. The maximum atomic E-state index is 5.50. The van der Waals surface area contributed by atoms with Gasteiger partial charge in [0.1, 0.15) is 0 Å². The molecule has 0 radical (unpaired) electrons.